The zero-order valence-corrected chi connectivity index (χ0v) is 23.2. The van der Waals surface area contributed by atoms with Crippen LogP contribution in [0.1, 0.15) is 55.9 Å². The van der Waals surface area contributed by atoms with Crippen LogP contribution in [0.5, 0.6) is 5.75 Å². The number of unbranched alkanes of at least 4 members (excludes halogenated alkanes) is 2. The van der Waals surface area contributed by atoms with Gasteiger partial charge >= 0.3 is 0 Å². The first-order valence-corrected chi connectivity index (χ1v) is 14.9. The van der Waals surface area contributed by atoms with Crippen LogP contribution in [0.15, 0.2) is 64.8 Å². The van der Waals surface area contributed by atoms with Crippen molar-refractivity contribution in [3.63, 3.8) is 0 Å². The minimum absolute atomic E-state index is 0.615. The number of anilines is 1. The van der Waals surface area contributed by atoms with E-state index in [4.69, 9.17) is 4.74 Å². The highest BCUT2D eigenvalue weighted by Gasteiger charge is 2.11. The van der Waals surface area contributed by atoms with Crippen LogP contribution < -0.4 is 9.64 Å². The molecule has 6 nitrogen and oxygen atoms in total. The molecule has 4 aromatic rings. The number of hydrogen-bond donors (Lipinski definition) is 0. The monoisotopic (exact) mass is 541 g/mol. The van der Waals surface area contributed by atoms with Crippen molar-refractivity contribution in [2.24, 2.45) is 10.2 Å². The Morgan fingerprint density at radius 1 is 1.03 bits per heavy atom. The van der Waals surface area contributed by atoms with E-state index in [2.05, 4.69) is 51.3 Å². The van der Waals surface area contributed by atoms with E-state index in [1.165, 1.54) is 49.1 Å². The SMILES string of the molecule is CCCCCOc1ccc(/C(C#N)=C/c2cc3sc(N=Nc4ccc(N5CCCCC5)cc4)nc3s2)cc1. The van der Waals surface area contributed by atoms with Crippen molar-refractivity contribution in [1.29, 1.82) is 5.26 Å². The highest BCUT2D eigenvalue weighted by atomic mass is 32.1. The molecule has 1 fully saturated rings. The van der Waals surface area contributed by atoms with Gasteiger partial charge in [-0.2, -0.15) is 5.26 Å². The van der Waals surface area contributed by atoms with Gasteiger partial charge in [-0.1, -0.05) is 31.1 Å². The van der Waals surface area contributed by atoms with Gasteiger partial charge in [-0.05, 0) is 91.9 Å². The Morgan fingerprint density at radius 3 is 2.53 bits per heavy atom. The lowest BCUT2D eigenvalue weighted by molar-refractivity contribution is 0.306. The Balaban J connectivity index is 1.22. The number of nitriles is 1. The molecule has 194 valence electrons. The highest BCUT2D eigenvalue weighted by Crippen LogP contribution is 2.36. The number of benzene rings is 2. The van der Waals surface area contributed by atoms with Gasteiger partial charge in [0, 0.05) is 23.7 Å². The normalized spacial score (nSPS) is 14.3. The molecule has 5 rings (SSSR count). The lowest BCUT2D eigenvalue weighted by Crippen LogP contribution is -2.29. The van der Waals surface area contributed by atoms with E-state index in [0.29, 0.717) is 10.7 Å². The van der Waals surface area contributed by atoms with Crippen molar-refractivity contribution < 1.29 is 4.74 Å². The fraction of sp³-hybridized carbons (Fsp3) is 0.333. The van der Waals surface area contributed by atoms with E-state index in [1.54, 1.807) is 11.3 Å². The third-order valence-electron chi connectivity index (χ3n) is 6.51. The first-order valence-electron chi connectivity index (χ1n) is 13.2. The molecule has 1 saturated heterocycles. The molecule has 2 aromatic carbocycles. The average molecular weight is 542 g/mol. The molecule has 0 amide bonds. The number of fused-ring (bicyclic) bond motifs is 1. The van der Waals surface area contributed by atoms with Crippen LogP contribution in [0, 0.1) is 11.3 Å². The number of thiophene rings is 1. The summed E-state index contributed by atoms with van der Waals surface area (Å²) in [7, 11) is 0. The van der Waals surface area contributed by atoms with Crippen molar-refractivity contribution in [3.8, 4) is 11.8 Å². The van der Waals surface area contributed by atoms with Gasteiger partial charge in [0.15, 0.2) is 0 Å². The Hall–Kier alpha value is -3.54. The van der Waals surface area contributed by atoms with Crippen molar-refractivity contribution in [2.45, 2.75) is 45.4 Å². The Morgan fingerprint density at radius 2 is 1.82 bits per heavy atom. The fourth-order valence-electron chi connectivity index (χ4n) is 4.43. The van der Waals surface area contributed by atoms with Crippen LogP contribution in [0.4, 0.5) is 16.5 Å². The molecule has 0 saturated carbocycles. The van der Waals surface area contributed by atoms with Crippen LogP contribution >= 0.6 is 22.7 Å². The number of allylic oxidation sites excluding steroid dienone is 1. The van der Waals surface area contributed by atoms with Crippen LogP contribution in [0.25, 0.3) is 21.2 Å². The van der Waals surface area contributed by atoms with Crippen molar-refractivity contribution >= 4 is 60.4 Å². The summed E-state index contributed by atoms with van der Waals surface area (Å²) in [6.07, 6.45) is 9.17. The summed E-state index contributed by atoms with van der Waals surface area (Å²) in [6.45, 7) is 5.16. The molecular formula is C30H31N5OS2. The number of azo groups is 1. The summed E-state index contributed by atoms with van der Waals surface area (Å²) >= 11 is 3.06. The first-order chi connectivity index (χ1) is 18.7. The second-order valence-corrected chi connectivity index (χ2v) is 11.4. The zero-order valence-electron chi connectivity index (χ0n) is 21.6. The number of rotatable bonds is 10. The van der Waals surface area contributed by atoms with E-state index in [1.807, 2.05) is 42.5 Å². The largest absolute Gasteiger partial charge is 0.494 e. The number of hydrogen-bond acceptors (Lipinski definition) is 8. The maximum absolute atomic E-state index is 9.76. The summed E-state index contributed by atoms with van der Waals surface area (Å²) in [5.41, 5.74) is 3.56. The Kier molecular flexibility index (Phi) is 8.79. The smallest absolute Gasteiger partial charge is 0.231 e. The van der Waals surface area contributed by atoms with E-state index >= 15 is 0 Å². The lowest BCUT2D eigenvalue weighted by Gasteiger charge is -2.28. The first kappa shape index (κ1) is 26.1. The topological polar surface area (TPSA) is 73.9 Å². The molecule has 8 heteroatoms. The van der Waals surface area contributed by atoms with Gasteiger partial charge in [-0.25, -0.2) is 4.98 Å². The van der Waals surface area contributed by atoms with E-state index in [0.717, 1.165) is 57.5 Å². The van der Waals surface area contributed by atoms with Gasteiger partial charge in [0.05, 0.1) is 28.6 Å². The van der Waals surface area contributed by atoms with E-state index in [-0.39, 0.29) is 0 Å². The minimum Gasteiger partial charge on any atom is -0.494 e. The second kappa shape index (κ2) is 12.8. The van der Waals surface area contributed by atoms with Crippen molar-refractivity contribution in [3.05, 3.63) is 65.0 Å². The Bertz CT molecular complexity index is 1410. The maximum Gasteiger partial charge on any atom is 0.231 e. The third kappa shape index (κ3) is 6.66. The summed E-state index contributed by atoms with van der Waals surface area (Å²) in [5, 5.41) is 19.2. The lowest BCUT2D eigenvalue weighted by atomic mass is 10.1. The molecule has 0 aliphatic carbocycles. The molecule has 38 heavy (non-hydrogen) atoms. The number of piperidine rings is 1. The predicted molar refractivity (Wildman–Crippen MR) is 159 cm³/mol. The van der Waals surface area contributed by atoms with E-state index in [9.17, 15) is 5.26 Å². The fourth-order valence-corrected chi connectivity index (χ4v) is 6.42. The summed E-state index contributed by atoms with van der Waals surface area (Å²) in [5.74, 6) is 0.836. The maximum atomic E-state index is 9.76. The number of ether oxygens (including phenoxy) is 1. The summed E-state index contributed by atoms with van der Waals surface area (Å²) in [6, 6.07) is 20.4. The standard InChI is InChI=1S/C30H31N5OS2/c1-2-3-7-18-36-26-14-8-22(9-15-26)23(21-31)19-27-20-28-29(37-27)32-30(38-28)34-33-24-10-12-25(13-11-24)35-16-5-4-6-17-35/h8-15,19-20H,2-7,16-18H2,1H3/b23-19+,34-33?. The molecule has 1 aliphatic rings. The zero-order chi connectivity index (χ0) is 26.2. The number of aromatic nitrogens is 1. The third-order valence-corrected chi connectivity index (χ3v) is 8.50. The molecule has 0 radical (unpaired) electrons. The molecular weight excluding hydrogens is 510 g/mol. The molecule has 2 aromatic heterocycles. The quantitative estimate of drug-likeness (QED) is 0.114. The van der Waals surface area contributed by atoms with Gasteiger partial charge in [-0.3, -0.25) is 0 Å². The molecule has 0 N–H and O–H groups in total. The van der Waals surface area contributed by atoms with Crippen LogP contribution in [-0.2, 0) is 0 Å². The molecule has 0 bridgehead atoms. The van der Waals surface area contributed by atoms with Crippen LogP contribution in [0.2, 0.25) is 0 Å². The predicted octanol–water partition coefficient (Wildman–Crippen LogP) is 9.40. The summed E-state index contributed by atoms with van der Waals surface area (Å²) in [4.78, 5) is 8.97. The van der Waals surface area contributed by atoms with Crippen LogP contribution in [0.3, 0.4) is 0 Å². The number of thiazole rings is 1. The second-order valence-electron chi connectivity index (χ2n) is 9.33. The highest BCUT2D eigenvalue weighted by molar-refractivity contribution is 7.29. The van der Waals surface area contributed by atoms with Gasteiger partial charge in [0.25, 0.3) is 0 Å². The van der Waals surface area contributed by atoms with Gasteiger partial charge in [0.1, 0.15) is 10.6 Å². The molecule has 0 spiro atoms. The molecule has 0 unspecified atom stereocenters. The van der Waals surface area contributed by atoms with Gasteiger partial charge < -0.3 is 9.64 Å². The molecule has 0 atom stereocenters. The van der Waals surface area contributed by atoms with Crippen LogP contribution in [-0.4, -0.2) is 24.7 Å². The summed E-state index contributed by atoms with van der Waals surface area (Å²) < 4.78 is 6.83. The number of nitrogens with zero attached hydrogens (tertiary/aromatic N) is 5. The van der Waals surface area contributed by atoms with Gasteiger partial charge in [-0.15, -0.1) is 21.6 Å². The minimum atomic E-state index is 0.615. The van der Waals surface area contributed by atoms with Crippen molar-refractivity contribution in [2.75, 3.05) is 24.6 Å². The van der Waals surface area contributed by atoms with Crippen molar-refractivity contribution in [1.82, 2.24) is 4.98 Å². The van der Waals surface area contributed by atoms with Gasteiger partial charge in [0.2, 0.25) is 5.13 Å². The molecule has 1 aliphatic heterocycles. The Labute approximate surface area is 231 Å². The average Bonchev–Trinajstić information content (AvgIpc) is 3.52. The van der Waals surface area contributed by atoms with E-state index < -0.39 is 0 Å². The molecule has 3 heterocycles.